The summed E-state index contributed by atoms with van der Waals surface area (Å²) in [5.74, 6) is 0.626. The van der Waals surface area contributed by atoms with Crippen LogP contribution in [-0.4, -0.2) is 50.6 Å². The van der Waals surface area contributed by atoms with E-state index in [0.717, 1.165) is 37.6 Å². The van der Waals surface area contributed by atoms with E-state index < -0.39 is 0 Å². The van der Waals surface area contributed by atoms with Crippen LogP contribution >= 0.6 is 12.4 Å². The SMILES string of the molecule is COc1ccccc1N1CCN(CC(N)=O)CC1.Cl. The molecule has 1 aromatic rings. The zero-order chi connectivity index (χ0) is 13.0. The van der Waals surface area contributed by atoms with Gasteiger partial charge >= 0.3 is 0 Å². The number of halogens is 1. The van der Waals surface area contributed by atoms with Crippen molar-refractivity contribution < 1.29 is 9.53 Å². The number of methoxy groups -OCH3 is 1. The molecule has 0 spiro atoms. The highest BCUT2D eigenvalue weighted by Gasteiger charge is 2.20. The number of hydrogen-bond acceptors (Lipinski definition) is 4. The molecule has 106 valence electrons. The van der Waals surface area contributed by atoms with Crippen LogP contribution < -0.4 is 15.4 Å². The lowest BCUT2D eigenvalue weighted by Gasteiger charge is -2.36. The van der Waals surface area contributed by atoms with Gasteiger partial charge in [-0.15, -0.1) is 12.4 Å². The quantitative estimate of drug-likeness (QED) is 0.886. The third kappa shape index (κ3) is 4.01. The number of ether oxygens (including phenoxy) is 1. The van der Waals surface area contributed by atoms with E-state index in [-0.39, 0.29) is 18.3 Å². The van der Waals surface area contributed by atoms with Gasteiger partial charge < -0.3 is 15.4 Å². The topological polar surface area (TPSA) is 58.8 Å². The minimum absolute atomic E-state index is 0. The highest BCUT2D eigenvalue weighted by Crippen LogP contribution is 2.28. The van der Waals surface area contributed by atoms with Gasteiger partial charge in [-0.1, -0.05) is 12.1 Å². The molecule has 6 heteroatoms. The summed E-state index contributed by atoms with van der Waals surface area (Å²) in [6.07, 6.45) is 0. The second kappa shape index (κ2) is 7.21. The Morgan fingerprint density at radius 1 is 1.26 bits per heavy atom. The van der Waals surface area contributed by atoms with Gasteiger partial charge in [-0.25, -0.2) is 0 Å². The largest absolute Gasteiger partial charge is 0.495 e. The van der Waals surface area contributed by atoms with Crippen molar-refractivity contribution in [1.29, 1.82) is 0 Å². The number of nitrogens with two attached hydrogens (primary N) is 1. The fourth-order valence-corrected chi connectivity index (χ4v) is 2.26. The fourth-order valence-electron chi connectivity index (χ4n) is 2.26. The summed E-state index contributed by atoms with van der Waals surface area (Å²) in [5.41, 5.74) is 6.31. The molecule has 0 unspecified atom stereocenters. The molecule has 5 nitrogen and oxygen atoms in total. The first kappa shape index (κ1) is 15.6. The van der Waals surface area contributed by atoms with Gasteiger partial charge in [0.15, 0.2) is 0 Å². The van der Waals surface area contributed by atoms with Crippen molar-refractivity contribution in [1.82, 2.24) is 4.90 Å². The van der Waals surface area contributed by atoms with Crippen molar-refractivity contribution in [3.63, 3.8) is 0 Å². The molecule has 1 fully saturated rings. The Kier molecular flexibility index (Phi) is 5.92. The van der Waals surface area contributed by atoms with E-state index in [9.17, 15) is 4.79 Å². The molecule has 0 aliphatic carbocycles. The summed E-state index contributed by atoms with van der Waals surface area (Å²) in [5, 5.41) is 0. The van der Waals surface area contributed by atoms with E-state index >= 15 is 0 Å². The van der Waals surface area contributed by atoms with E-state index in [0.29, 0.717) is 6.54 Å². The maximum absolute atomic E-state index is 10.9. The van der Waals surface area contributed by atoms with Crippen LogP contribution in [0, 0.1) is 0 Å². The van der Waals surface area contributed by atoms with E-state index in [4.69, 9.17) is 10.5 Å². The molecule has 0 saturated carbocycles. The normalized spacial score (nSPS) is 15.7. The van der Waals surface area contributed by atoms with Crippen molar-refractivity contribution >= 4 is 24.0 Å². The molecule has 1 aromatic carbocycles. The Balaban J connectivity index is 0.00000180. The smallest absolute Gasteiger partial charge is 0.231 e. The third-order valence-electron chi connectivity index (χ3n) is 3.18. The molecule has 0 aromatic heterocycles. The first-order valence-corrected chi connectivity index (χ1v) is 6.09. The number of anilines is 1. The average Bonchev–Trinajstić information content (AvgIpc) is 2.39. The van der Waals surface area contributed by atoms with E-state index in [2.05, 4.69) is 15.9 Å². The number of amides is 1. The van der Waals surface area contributed by atoms with Crippen LogP contribution in [0.25, 0.3) is 0 Å². The lowest BCUT2D eigenvalue weighted by atomic mass is 10.2. The highest BCUT2D eigenvalue weighted by atomic mass is 35.5. The molecule has 2 rings (SSSR count). The van der Waals surface area contributed by atoms with Gasteiger partial charge in [-0.05, 0) is 12.1 Å². The van der Waals surface area contributed by atoms with Crippen LogP contribution in [0.1, 0.15) is 0 Å². The minimum Gasteiger partial charge on any atom is -0.495 e. The molecule has 1 aliphatic heterocycles. The van der Waals surface area contributed by atoms with Gasteiger partial charge in [0.2, 0.25) is 5.91 Å². The van der Waals surface area contributed by atoms with Crippen LogP contribution in [0.15, 0.2) is 24.3 Å². The summed E-state index contributed by atoms with van der Waals surface area (Å²) < 4.78 is 5.36. The fraction of sp³-hybridized carbons (Fsp3) is 0.462. The predicted octanol–water partition coefficient (Wildman–Crippen LogP) is 0.724. The molecule has 0 radical (unpaired) electrons. The summed E-state index contributed by atoms with van der Waals surface area (Å²) >= 11 is 0. The van der Waals surface area contributed by atoms with Crippen LogP contribution in [0.2, 0.25) is 0 Å². The van der Waals surface area contributed by atoms with Crippen molar-refractivity contribution in [2.75, 3.05) is 44.7 Å². The molecule has 1 amide bonds. The Labute approximate surface area is 119 Å². The second-order valence-electron chi connectivity index (χ2n) is 4.40. The van der Waals surface area contributed by atoms with Crippen molar-refractivity contribution in [3.05, 3.63) is 24.3 Å². The van der Waals surface area contributed by atoms with Crippen LogP contribution in [-0.2, 0) is 4.79 Å². The molecule has 0 bridgehead atoms. The standard InChI is InChI=1S/C13H19N3O2.ClH/c1-18-12-5-3-2-4-11(12)16-8-6-15(7-9-16)10-13(14)17;/h2-5H,6-10H2,1H3,(H2,14,17);1H. The third-order valence-corrected chi connectivity index (χ3v) is 3.18. The van der Waals surface area contributed by atoms with Crippen LogP contribution in [0.4, 0.5) is 5.69 Å². The van der Waals surface area contributed by atoms with Crippen LogP contribution in [0.5, 0.6) is 5.75 Å². The molecular formula is C13H20ClN3O2. The Hall–Kier alpha value is -1.46. The average molecular weight is 286 g/mol. The summed E-state index contributed by atoms with van der Waals surface area (Å²) in [6, 6.07) is 7.99. The maximum atomic E-state index is 10.9. The van der Waals surface area contributed by atoms with E-state index in [1.807, 2.05) is 18.2 Å². The Bertz CT molecular complexity index is 420. The second-order valence-corrected chi connectivity index (χ2v) is 4.40. The number of carbonyl (C=O) groups excluding carboxylic acids is 1. The van der Waals surface area contributed by atoms with Gasteiger partial charge in [-0.2, -0.15) is 0 Å². The number of piperazine rings is 1. The van der Waals surface area contributed by atoms with Gasteiger partial charge in [0.05, 0.1) is 19.3 Å². The number of para-hydroxylation sites is 2. The van der Waals surface area contributed by atoms with E-state index in [1.165, 1.54) is 0 Å². The van der Waals surface area contributed by atoms with E-state index in [1.54, 1.807) is 7.11 Å². The lowest BCUT2D eigenvalue weighted by Crippen LogP contribution is -2.48. The van der Waals surface area contributed by atoms with Gasteiger partial charge in [0.25, 0.3) is 0 Å². The van der Waals surface area contributed by atoms with Crippen molar-refractivity contribution in [2.24, 2.45) is 5.73 Å². The molecular weight excluding hydrogens is 266 g/mol. The number of rotatable bonds is 4. The summed E-state index contributed by atoms with van der Waals surface area (Å²) in [4.78, 5) is 15.2. The molecule has 19 heavy (non-hydrogen) atoms. The molecule has 2 N–H and O–H groups in total. The number of primary amides is 1. The molecule has 1 heterocycles. The first-order chi connectivity index (χ1) is 8.70. The monoisotopic (exact) mass is 285 g/mol. The maximum Gasteiger partial charge on any atom is 0.231 e. The number of benzene rings is 1. The molecule has 0 atom stereocenters. The molecule has 1 saturated heterocycles. The highest BCUT2D eigenvalue weighted by molar-refractivity contribution is 5.85. The van der Waals surface area contributed by atoms with Gasteiger partial charge in [-0.3, -0.25) is 9.69 Å². The Morgan fingerprint density at radius 2 is 1.89 bits per heavy atom. The van der Waals surface area contributed by atoms with Gasteiger partial charge in [0, 0.05) is 26.2 Å². The number of hydrogen-bond donors (Lipinski definition) is 1. The zero-order valence-corrected chi connectivity index (χ0v) is 11.9. The first-order valence-electron chi connectivity index (χ1n) is 6.09. The molecule has 1 aliphatic rings. The van der Waals surface area contributed by atoms with Crippen molar-refractivity contribution in [2.45, 2.75) is 0 Å². The predicted molar refractivity (Wildman–Crippen MR) is 78.1 cm³/mol. The minimum atomic E-state index is -0.263. The summed E-state index contributed by atoms with van der Waals surface area (Å²) in [7, 11) is 1.68. The van der Waals surface area contributed by atoms with Crippen molar-refractivity contribution in [3.8, 4) is 5.75 Å². The van der Waals surface area contributed by atoms with Crippen LogP contribution in [0.3, 0.4) is 0 Å². The zero-order valence-electron chi connectivity index (χ0n) is 11.0. The lowest BCUT2D eigenvalue weighted by molar-refractivity contribution is -0.119. The Morgan fingerprint density at radius 3 is 2.47 bits per heavy atom. The summed E-state index contributed by atoms with van der Waals surface area (Å²) in [6.45, 7) is 3.81. The number of carbonyl (C=O) groups is 1. The number of nitrogens with zero attached hydrogens (tertiary/aromatic N) is 2. The van der Waals surface area contributed by atoms with Gasteiger partial charge in [0.1, 0.15) is 5.75 Å².